The van der Waals surface area contributed by atoms with Gasteiger partial charge in [0.2, 0.25) is 0 Å². The van der Waals surface area contributed by atoms with Crippen LogP contribution in [0.2, 0.25) is 5.02 Å². The zero-order valence-corrected chi connectivity index (χ0v) is 23.5. The van der Waals surface area contributed by atoms with E-state index in [1.165, 1.54) is 12.1 Å². The maximum Gasteiger partial charge on any atom is 0.267 e. The zero-order valence-electron chi connectivity index (χ0n) is 22.7. The van der Waals surface area contributed by atoms with Gasteiger partial charge in [0.05, 0.1) is 34.0 Å². The number of nitrogens with zero attached hydrogens (tertiary/aromatic N) is 3. The highest BCUT2D eigenvalue weighted by atomic mass is 35.5. The van der Waals surface area contributed by atoms with Gasteiger partial charge in [-0.2, -0.15) is 5.26 Å². The molecule has 1 aliphatic rings. The SMILES string of the molecule is CCOc1ccc2c(Nc3ccc(OCc4cccc(F)c4)c(Cl)c3)c(C#N)c(N3C(=O)c4ccccc4C3=O)nc2c1. The van der Waals surface area contributed by atoms with Crippen LogP contribution in [0.4, 0.5) is 21.6 Å². The Morgan fingerprint density at radius 1 is 0.953 bits per heavy atom. The highest BCUT2D eigenvalue weighted by molar-refractivity contribution is 6.35. The number of imide groups is 1. The Kier molecular flexibility index (Phi) is 7.36. The number of hydrogen-bond donors (Lipinski definition) is 1. The number of fused-ring (bicyclic) bond motifs is 2. The lowest BCUT2D eigenvalue weighted by Crippen LogP contribution is -2.31. The first kappa shape index (κ1) is 27.7. The smallest absolute Gasteiger partial charge is 0.267 e. The van der Waals surface area contributed by atoms with Crippen molar-refractivity contribution >= 4 is 51.5 Å². The summed E-state index contributed by atoms with van der Waals surface area (Å²) < 4.78 is 25.0. The van der Waals surface area contributed by atoms with Crippen LogP contribution in [0.3, 0.4) is 0 Å². The van der Waals surface area contributed by atoms with E-state index in [4.69, 9.17) is 21.1 Å². The lowest BCUT2D eigenvalue weighted by molar-refractivity contribution is 0.0925. The van der Waals surface area contributed by atoms with Crippen LogP contribution in [0, 0.1) is 17.1 Å². The van der Waals surface area contributed by atoms with Gasteiger partial charge in [-0.1, -0.05) is 35.9 Å². The topological polar surface area (TPSA) is 105 Å². The number of hydrogen-bond acceptors (Lipinski definition) is 7. The molecule has 6 rings (SSSR count). The Labute approximate surface area is 250 Å². The van der Waals surface area contributed by atoms with Crippen molar-refractivity contribution in [3.05, 3.63) is 118 Å². The Morgan fingerprint density at radius 2 is 1.72 bits per heavy atom. The van der Waals surface area contributed by atoms with Crippen molar-refractivity contribution in [3.8, 4) is 17.6 Å². The zero-order chi connectivity index (χ0) is 30.1. The van der Waals surface area contributed by atoms with E-state index >= 15 is 0 Å². The monoisotopic (exact) mass is 592 g/mol. The predicted molar refractivity (Wildman–Crippen MR) is 161 cm³/mol. The normalized spacial score (nSPS) is 12.3. The highest BCUT2D eigenvalue weighted by Gasteiger charge is 2.39. The number of benzene rings is 4. The van der Waals surface area contributed by atoms with Gasteiger partial charge in [0.1, 0.15) is 35.6 Å². The van der Waals surface area contributed by atoms with Crippen LogP contribution in [0.15, 0.2) is 84.9 Å². The van der Waals surface area contributed by atoms with Crippen LogP contribution in [0.5, 0.6) is 11.5 Å². The van der Waals surface area contributed by atoms with Crippen LogP contribution in [0.25, 0.3) is 10.9 Å². The average Bonchev–Trinajstić information content (AvgIpc) is 3.26. The van der Waals surface area contributed by atoms with E-state index in [2.05, 4.69) is 16.4 Å². The molecule has 1 aliphatic heterocycles. The summed E-state index contributed by atoms with van der Waals surface area (Å²) in [4.78, 5) is 32.3. The third-order valence-electron chi connectivity index (χ3n) is 6.85. The molecule has 8 nitrogen and oxygen atoms in total. The molecule has 1 aromatic heterocycles. The number of carbonyl (C=O) groups is 2. The first-order valence-electron chi connectivity index (χ1n) is 13.3. The first-order chi connectivity index (χ1) is 20.9. The molecule has 43 heavy (non-hydrogen) atoms. The molecule has 0 spiro atoms. The van der Waals surface area contributed by atoms with E-state index < -0.39 is 11.8 Å². The minimum atomic E-state index is -0.571. The summed E-state index contributed by atoms with van der Waals surface area (Å²) in [7, 11) is 0. The molecule has 1 N–H and O–H groups in total. The Bertz CT molecular complexity index is 1940. The van der Waals surface area contributed by atoms with Gasteiger partial charge in [-0.3, -0.25) is 9.59 Å². The molecular weight excluding hydrogens is 571 g/mol. The van der Waals surface area contributed by atoms with Crippen molar-refractivity contribution in [2.75, 3.05) is 16.8 Å². The Balaban J connectivity index is 1.41. The van der Waals surface area contributed by atoms with Crippen molar-refractivity contribution in [2.45, 2.75) is 13.5 Å². The average molecular weight is 593 g/mol. The van der Waals surface area contributed by atoms with Crippen molar-refractivity contribution < 1.29 is 23.5 Å². The van der Waals surface area contributed by atoms with Crippen molar-refractivity contribution in [1.29, 1.82) is 5.26 Å². The van der Waals surface area contributed by atoms with Gasteiger partial charge in [0.25, 0.3) is 11.8 Å². The highest BCUT2D eigenvalue weighted by Crippen LogP contribution is 2.40. The number of halogens is 2. The van der Waals surface area contributed by atoms with Gasteiger partial charge in [-0.05, 0) is 67.1 Å². The van der Waals surface area contributed by atoms with Crippen LogP contribution < -0.4 is 19.7 Å². The molecule has 2 amide bonds. The largest absolute Gasteiger partial charge is 0.494 e. The Hall–Kier alpha value is -5.46. The fraction of sp³-hybridized carbons (Fsp3) is 0.0909. The van der Waals surface area contributed by atoms with E-state index in [9.17, 15) is 19.2 Å². The second kappa shape index (κ2) is 11.4. The van der Waals surface area contributed by atoms with Gasteiger partial charge in [0, 0.05) is 17.1 Å². The summed E-state index contributed by atoms with van der Waals surface area (Å²) in [5.41, 5.74) is 2.34. The minimum absolute atomic E-state index is 0.00582. The van der Waals surface area contributed by atoms with Gasteiger partial charge in [-0.15, -0.1) is 0 Å². The quantitative estimate of drug-likeness (QED) is 0.187. The molecule has 0 saturated carbocycles. The standard InChI is InChI=1S/C33H22ClFN4O4/c1-2-42-22-11-12-25-28(16-22)38-31(39-32(40)23-8-3-4-9-24(23)33(39)41)26(17-36)30(25)37-21-10-13-29(27(34)15-21)43-18-19-6-5-7-20(35)14-19/h3-16H,2,18H2,1H3,(H,37,38). The van der Waals surface area contributed by atoms with Crippen molar-refractivity contribution in [2.24, 2.45) is 0 Å². The molecule has 0 atom stereocenters. The molecule has 212 valence electrons. The second-order valence-corrected chi connectivity index (χ2v) is 10.00. The van der Waals surface area contributed by atoms with Crippen LogP contribution in [0.1, 0.15) is 38.8 Å². The third-order valence-corrected chi connectivity index (χ3v) is 7.15. The third kappa shape index (κ3) is 5.20. The van der Waals surface area contributed by atoms with E-state index in [1.807, 2.05) is 6.92 Å². The summed E-state index contributed by atoms with van der Waals surface area (Å²) in [5.74, 6) is -0.687. The van der Waals surface area contributed by atoms with E-state index in [0.717, 1.165) is 4.90 Å². The van der Waals surface area contributed by atoms with Gasteiger partial charge in [-0.25, -0.2) is 14.3 Å². The molecule has 0 aliphatic carbocycles. The summed E-state index contributed by atoms with van der Waals surface area (Å²) in [6.07, 6.45) is 0. The molecular formula is C33H22ClFN4O4. The van der Waals surface area contributed by atoms with Crippen LogP contribution in [-0.4, -0.2) is 23.4 Å². The maximum atomic E-state index is 13.5. The minimum Gasteiger partial charge on any atom is -0.494 e. The fourth-order valence-corrected chi connectivity index (χ4v) is 5.13. The molecule has 10 heteroatoms. The van der Waals surface area contributed by atoms with Gasteiger partial charge in [0.15, 0.2) is 5.82 Å². The number of rotatable bonds is 8. The van der Waals surface area contributed by atoms with Gasteiger partial charge < -0.3 is 14.8 Å². The molecule has 2 heterocycles. The molecule has 4 aromatic carbocycles. The number of pyridine rings is 1. The molecule has 0 radical (unpaired) electrons. The molecule has 0 fully saturated rings. The van der Waals surface area contributed by atoms with E-state index in [1.54, 1.807) is 72.8 Å². The fourth-order valence-electron chi connectivity index (χ4n) is 4.90. The molecule has 0 bridgehead atoms. The lowest BCUT2D eigenvalue weighted by Gasteiger charge is -2.20. The number of aromatic nitrogens is 1. The summed E-state index contributed by atoms with van der Waals surface area (Å²) in [5, 5.41) is 14.4. The number of nitrogens with one attached hydrogen (secondary N) is 1. The molecule has 0 saturated heterocycles. The summed E-state index contributed by atoms with van der Waals surface area (Å²) in [6.45, 7) is 2.39. The predicted octanol–water partition coefficient (Wildman–Crippen LogP) is 7.42. The summed E-state index contributed by atoms with van der Waals surface area (Å²) >= 11 is 6.53. The lowest BCUT2D eigenvalue weighted by atomic mass is 10.1. The van der Waals surface area contributed by atoms with Gasteiger partial charge >= 0.3 is 0 Å². The van der Waals surface area contributed by atoms with E-state index in [-0.39, 0.29) is 40.0 Å². The second-order valence-electron chi connectivity index (χ2n) is 9.59. The molecule has 5 aromatic rings. The van der Waals surface area contributed by atoms with Crippen molar-refractivity contribution in [1.82, 2.24) is 4.98 Å². The number of carbonyl (C=O) groups excluding carboxylic acids is 2. The van der Waals surface area contributed by atoms with Crippen LogP contribution in [-0.2, 0) is 6.61 Å². The number of amides is 2. The summed E-state index contributed by atoms with van der Waals surface area (Å²) in [6, 6.07) is 24.8. The van der Waals surface area contributed by atoms with E-state index in [0.29, 0.717) is 45.9 Å². The van der Waals surface area contributed by atoms with Crippen LogP contribution >= 0.6 is 11.6 Å². The van der Waals surface area contributed by atoms with Crippen molar-refractivity contribution in [3.63, 3.8) is 0 Å². The number of nitriles is 1. The Morgan fingerprint density at radius 3 is 2.40 bits per heavy atom. The maximum absolute atomic E-state index is 13.5. The number of ether oxygens (including phenoxy) is 2. The first-order valence-corrected chi connectivity index (χ1v) is 13.7. The number of anilines is 3. The molecule has 0 unspecified atom stereocenters.